The number of allylic oxidation sites excluding steroid dienone is 1. The maximum Gasteiger partial charge on any atom is 0.290 e. The number of carbonyl (C=O) groups is 2. The third-order valence-corrected chi connectivity index (χ3v) is 0.0962. The molecule has 0 saturated carbocycles. The molecule has 1 N–H and O–H groups in total. The first-order chi connectivity index (χ1) is 3.33. The van der Waals surface area contributed by atoms with E-state index in [1.54, 1.807) is 0 Å². The molecule has 0 bridgehead atoms. The molecule has 0 rings (SSSR count). The molecule has 0 radical (unpaired) electrons. The lowest BCUT2D eigenvalue weighted by molar-refractivity contribution is -0.122. The van der Waals surface area contributed by atoms with Crippen LogP contribution in [-0.4, -0.2) is 17.9 Å². The van der Waals surface area contributed by atoms with Gasteiger partial charge in [-0.05, 0) is 6.08 Å². The van der Waals surface area contributed by atoms with Crippen LogP contribution in [0.15, 0.2) is 12.7 Å². The lowest BCUT2D eigenvalue weighted by Crippen LogP contribution is -1.49. The van der Waals surface area contributed by atoms with Gasteiger partial charge in [-0.1, -0.05) is 6.58 Å². The highest BCUT2D eigenvalue weighted by Crippen LogP contribution is 1.35. The zero-order valence-electron chi connectivity index (χ0n) is 3.70. The molecule has 0 atom stereocenters. The summed E-state index contributed by atoms with van der Waals surface area (Å²) in [5.74, 6) is 0. The molecular formula is C4H6O3. The van der Waals surface area contributed by atoms with Gasteiger partial charge >= 0.3 is 0 Å². The number of hydrogen-bond donors (Lipinski definition) is 1. The molecule has 0 aromatic heterocycles. The molecule has 0 aromatic carbocycles. The molecule has 0 aliphatic carbocycles. The van der Waals surface area contributed by atoms with Gasteiger partial charge in [0.15, 0.2) is 0 Å². The van der Waals surface area contributed by atoms with Gasteiger partial charge < -0.3 is 5.11 Å². The Morgan fingerprint density at radius 2 is 1.57 bits per heavy atom. The van der Waals surface area contributed by atoms with E-state index < -0.39 is 0 Å². The predicted molar refractivity (Wildman–Crippen MR) is 25.0 cm³/mol. The largest absolute Gasteiger partial charge is 0.483 e. The van der Waals surface area contributed by atoms with E-state index >= 15 is 0 Å². The van der Waals surface area contributed by atoms with Gasteiger partial charge in [0.2, 0.25) is 0 Å². The fourth-order valence-corrected chi connectivity index (χ4v) is 0. The molecule has 0 saturated heterocycles. The van der Waals surface area contributed by atoms with E-state index in [0.29, 0.717) is 6.29 Å². The van der Waals surface area contributed by atoms with E-state index in [1.165, 1.54) is 6.08 Å². The van der Waals surface area contributed by atoms with E-state index in [-0.39, 0.29) is 6.47 Å². The zero-order valence-corrected chi connectivity index (χ0v) is 3.70. The average Bonchev–Trinajstić information content (AvgIpc) is 1.69. The predicted octanol–water partition coefficient (Wildman–Crippen LogP) is 0.0721. The van der Waals surface area contributed by atoms with Gasteiger partial charge in [0.1, 0.15) is 6.29 Å². The van der Waals surface area contributed by atoms with E-state index in [9.17, 15) is 0 Å². The molecule has 0 unspecified atom stereocenters. The molecule has 3 nitrogen and oxygen atoms in total. The summed E-state index contributed by atoms with van der Waals surface area (Å²) in [6.07, 6.45) is 1.83. The number of carbonyl (C=O) groups excluding carboxylic acids is 1. The lowest BCUT2D eigenvalue weighted by Gasteiger charge is -1.37. The van der Waals surface area contributed by atoms with E-state index in [2.05, 4.69) is 6.58 Å². The first-order valence-electron chi connectivity index (χ1n) is 1.47. The van der Waals surface area contributed by atoms with Crippen molar-refractivity contribution in [3.63, 3.8) is 0 Å². The Hall–Kier alpha value is -1.12. The Labute approximate surface area is 41.3 Å². The van der Waals surface area contributed by atoms with E-state index in [1.807, 2.05) is 0 Å². The van der Waals surface area contributed by atoms with Crippen LogP contribution in [-0.2, 0) is 9.59 Å². The Balaban J connectivity index is 0. The summed E-state index contributed by atoms with van der Waals surface area (Å²) in [6.45, 7) is 2.86. The van der Waals surface area contributed by atoms with Crippen LogP contribution in [0.1, 0.15) is 0 Å². The molecule has 0 amide bonds. The Bertz CT molecular complexity index is 52.0. The molecular weight excluding hydrogens is 96.0 g/mol. The van der Waals surface area contributed by atoms with Crippen molar-refractivity contribution in [3.8, 4) is 0 Å². The summed E-state index contributed by atoms with van der Waals surface area (Å²) in [5, 5.41) is 6.89. The van der Waals surface area contributed by atoms with Crippen LogP contribution in [0.2, 0.25) is 0 Å². The minimum Gasteiger partial charge on any atom is -0.483 e. The summed E-state index contributed by atoms with van der Waals surface area (Å²) in [7, 11) is 0. The van der Waals surface area contributed by atoms with Gasteiger partial charge in [0.05, 0.1) is 0 Å². The fourth-order valence-electron chi connectivity index (χ4n) is 0. The maximum atomic E-state index is 9.06. The highest BCUT2D eigenvalue weighted by Gasteiger charge is 1.38. The van der Waals surface area contributed by atoms with Crippen LogP contribution in [0, 0.1) is 0 Å². The van der Waals surface area contributed by atoms with E-state index in [4.69, 9.17) is 14.7 Å². The number of hydrogen-bond acceptors (Lipinski definition) is 2. The molecule has 40 valence electrons. The van der Waals surface area contributed by atoms with Crippen molar-refractivity contribution in [3.05, 3.63) is 12.7 Å². The topological polar surface area (TPSA) is 54.4 Å². The van der Waals surface area contributed by atoms with Crippen molar-refractivity contribution in [2.45, 2.75) is 0 Å². The second-order valence-electron chi connectivity index (χ2n) is 0.477. The van der Waals surface area contributed by atoms with Crippen LogP contribution in [0.4, 0.5) is 0 Å². The summed E-state index contributed by atoms with van der Waals surface area (Å²) in [6, 6.07) is 0. The molecule has 7 heavy (non-hydrogen) atoms. The Morgan fingerprint density at radius 1 is 1.43 bits per heavy atom. The quantitative estimate of drug-likeness (QED) is 0.376. The molecule has 0 aromatic rings. The van der Waals surface area contributed by atoms with Gasteiger partial charge in [0.25, 0.3) is 6.47 Å². The second-order valence-corrected chi connectivity index (χ2v) is 0.477. The van der Waals surface area contributed by atoms with Crippen molar-refractivity contribution in [1.29, 1.82) is 0 Å². The molecule has 0 heterocycles. The minimum absolute atomic E-state index is 0.250. The molecule has 0 fully saturated rings. The van der Waals surface area contributed by atoms with Gasteiger partial charge in [-0.15, -0.1) is 0 Å². The normalized spacial score (nSPS) is 4.57. The highest BCUT2D eigenvalue weighted by molar-refractivity contribution is 5.63. The van der Waals surface area contributed by atoms with Gasteiger partial charge in [-0.25, -0.2) is 0 Å². The minimum atomic E-state index is -0.250. The van der Waals surface area contributed by atoms with Gasteiger partial charge in [-0.2, -0.15) is 0 Å². The Morgan fingerprint density at radius 3 is 1.57 bits per heavy atom. The lowest BCUT2D eigenvalue weighted by atomic mass is 10.8. The van der Waals surface area contributed by atoms with Crippen LogP contribution in [0.3, 0.4) is 0 Å². The first kappa shape index (κ1) is 9.30. The standard InChI is InChI=1S/C3H4O.CH2O2/c1-2-3-4;2-1-3/h2-3H,1H2;1H,(H,2,3). The number of aldehydes is 1. The van der Waals surface area contributed by atoms with E-state index in [0.717, 1.165) is 0 Å². The summed E-state index contributed by atoms with van der Waals surface area (Å²) < 4.78 is 0. The van der Waals surface area contributed by atoms with Crippen LogP contribution in [0.25, 0.3) is 0 Å². The number of rotatable bonds is 1. The van der Waals surface area contributed by atoms with Crippen molar-refractivity contribution in [2.75, 3.05) is 0 Å². The summed E-state index contributed by atoms with van der Waals surface area (Å²) >= 11 is 0. The molecule has 0 spiro atoms. The maximum absolute atomic E-state index is 9.06. The monoisotopic (exact) mass is 102 g/mol. The van der Waals surface area contributed by atoms with Crippen LogP contribution < -0.4 is 0 Å². The van der Waals surface area contributed by atoms with Gasteiger partial charge in [-0.3, -0.25) is 9.59 Å². The smallest absolute Gasteiger partial charge is 0.290 e. The van der Waals surface area contributed by atoms with Crippen molar-refractivity contribution < 1.29 is 14.7 Å². The molecule has 0 aliphatic heterocycles. The summed E-state index contributed by atoms with van der Waals surface area (Å²) in [5.41, 5.74) is 0. The average molecular weight is 102 g/mol. The molecule has 3 heteroatoms. The third-order valence-electron chi connectivity index (χ3n) is 0.0962. The SMILES string of the molecule is C=CC=O.O=CO. The molecule has 0 aliphatic rings. The third kappa shape index (κ3) is 2810. The second kappa shape index (κ2) is 20.8. The fraction of sp³-hybridized carbons (Fsp3) is 0. The zero-order chi connectivity index (χ0) is 6.12. The first-order valence-corrected chi connectivity index (χ1v) is 1.47. The Kier molecular flexibility index (Phi) is 27.6. The van der Waals surface area contributed by atoms with Crippen molar-refractivity contribution in [2.24, 2.45) is 0 Å². The van der Waals surface area contributed by atoms with Gasteiger partial charge in [0, 0.05) is 0 Å². The van der Waals surface area contributed by atoms with Crippen molar-refractivity contribution >= 4 is 12.8 Å². The van der Waals surface area contributed by atoms with Crippen molar-refractivity contribution in [1.82, 2.24) is 0 Å². The highest BCUT2D eigenvalue weighted by atomic mass is 16.3. The number of carboxylic acid groups (broad SMARTS) is 1. The van der Waals surface area contributed by atoms with Crippen LogP contribution >= 0.6 is 0 Å². The van der Waals surface area contributed by atoms with Crippen LogP contribution in [0.5, 0.6) is 0 Å². The summed E-state index contributed by atoms with van der Waals surface area (Å²) in [4.78, 5) is 17.4.